The number of carbonyl (C=O) groups is 1. The molecule has 0 spiro atoms. The number of benzene rings is 1. The van der Waals surface area contributed by atoms with E-state index in [2.05, 4.69) is 10.1 Å². The molecule has 6 heteroatoms. The van der Waals surface area contributed by atoms with Gasteiger partial charge in [-0.05, 0) is 38.0 Å². The number of nitrogens with zero attached hydrogens (tertiary/aromatic N) is 4. The van der Waals surface area contributed by atoms with Crippen LogP contribution < -0.4 is 0 Å². The van der Waals surface area contributed by atoms with Crippen molar-refractivity contribution in [3.8, 4) is 0 Å². The molecule has 2 aromatic heterocycles. The Morgan fingerprint density at radius 3 is 2.92 bits per heavy atom. The highest BCUT2D eigenvalue weighted by Gasteiger charge is 2.32. The Morgan fingerprint density at radius 1 is 1.32 bits per heavy atom. The molecule has 1 amide bonds. The first kappa shape index (κ1) is 15.7. The Balaban J connectivity index is 1.76. The molecule has 1 aromatic carbocycles. The summed E-state index contributed by atoms with van der Waals surface area (Å²) in [7, 11) is 1.87. The van der Waals surface area contributed by atoms with Crippen molar-refractivity contribution in [1.82, 2.24) is 19.7 Å². The van der Waals surface area contributed by atoms with Gasteiger partial charge in [0.1, 0.15) is 5.82 Å². The van der Waals surface area contributed by atoms with Crippen LogP contribution in [-0.4, -0.2) is 32.1 Å². The summed E-state index contributed by atoms with van der Waals surface area (Å²) in [6.45, 7) is 2.53. The van der Waals surface area contributed by atoms with Crippen molar-refractivity contribution in [3.63, 3.8) is 0 Å². The fraction of sp³-hybridized carbons (Fsp3) is 0.316. The molecule has 0 N–H and O–H groups in total. The Hall–Kier alpha value is -2.76. The molecule has 0 bridgehead atoms. The molecule has 25 heavy (non-hydrogen) atoms. The third kappa shape index (κ3) is 2.77. The largest absolute Gasteiger partial charge is 0.331 e. The van der Waals surface area contributed by atoms with Crippen molar-refractivity contribution < 1.29 is 9.18 Å². The minimum absolute atomic E-state index is 0.0326. The van der Waals surface area contributed by atoms with Gasteiger partial charge in [0.05, 0.1) is 23.3 Å². The molecule has 3 aromatic rings. The van der Waals surface area contributed by atoms with Crippen LogP contribution in [-0.2, 0) is 7.05 Å². The molecule has 1 atom stereocenters. The van der Waals surface area contributed by atoms with Gasteiger partial charge in [-0.15, -0.1) is 0 Å². The SMILES string of the molecule is Cc1cc(C(=O)N2CCC[C@H]2c2cnn(C)c2)c2ccc(F)cc2n1. The van der Waals surface area contributed by atoms with Crippen molar-refractivity contribution >= 4 is 16.8 Å². The van der Waals surface area contributed by atoms with Crippen molar-refractivity contribution in [3.05, 3.63) is 59.3 Å². The Kier molecular flexibility index (Phi) is 3.75. The standard InChI is InChI=1S/C19H19FN4O/c1-12-8-16(15-6-5-14(20)9-17(15)22-12)19(25)24-7-3-4-18(24)13-10-21-23(2)11-13/h5-6,8-11,18H,3-4,7H2,1-2H3/t18-/m0/s1. The molecule has 128 valence electrons. The van der Waals surface area contributed by atoms with E-state index in [1.165, 1.54) is 12.1 Å². The summed E-state index contributed by atoms with van der Waals surface area (Å²) in [5, 5.41) is 4.92. The van der Waals surface area contributed by atoms with Crippen LogP contribution in [0.1, 0.15) is 40.5 Å². The van der Waals surface area contributed by atoms with Crippen LogP contribution in [0.2, 0.25) is 0 Å². The molecular weight excluding hydrogens is 319 g/mol. The first-order chi connectivity index (χ1) is 12.0. The lowest BCUT2D eigenvalue weighted by Gasteiger charge is -2.24. The third-order valence-electron chi connectivity index (χ3n) is 4.75. The summed E-state index contributed by atoms with van der Waals surface area (Å²) in [5.41, 5.74) is 2.85. The fourth-order valence-electron chi connectivity index (χ4n) is 3.63. The number of carbonyl (C=O) groups excluding carboxylic acids is 1. The topological polar surface area (TPSA) is 51.0 Å². The predicted molar refractivity (Wildman–Crippen MR) is 92.7 cm³/mol. The maximum Gasteiger partial charge on any atom is 0.255 e. The van der Waals surface area contributed by atoms with Crippen LogP contribution in [0, 0.1) is 12.7 Å². The van der Waals surface area contributed by atoms with Gasteiger partial charge in [0.25, 0.3) is 5.91 Å². The van der Waals surface area contributed by atoms with Gasteiger partial charge in [-0.25, -0.2) is 4.39 Å². The maximum atomic E-state index is 13.5. The Morgan fingerprint density at radius 2 is 2.16 bits per heavy atom. The molecule has 1 saturated heterocycles. The van der Waals surface area contributed by atoms with Crippen molar-refractivity contribution in [1.29, 1.82) is 0 Å². The van der Waals surface area contributed by atoms with E-state index in [9.17, 15) is 9.18 Å². The molecular formula is C19H19FN4O. The lowest BCUT2D eigenvalue weighted by atomic mass is 10.0. The molecule has 1 fully saturated rings. The molecule has 1 aliphatic heterocycles. The van der Waals surface area contributed by atoms with Crippen LogP contribution in [0.25, 0.3) is 10.9 Å². The van der Waals surface area contributed by atoms with E-state index in [0.29, 0.717) is 28.7 Å². The molecule has 0 unspecified atom stereocenters. The molecule has 3 heterocycles. The molecule has 4 rings (SSSR count). The zero-order valence-electron chi connectivity index (χ0n) is 14.2. The van der Waals surface area contributed by atoms with E-state index < -0.39 is 0 Å². The second kappa shape index (κ2) is 5.95. The first-order valence-electron chi connectivity index (χ1n) is 8.39. The average molecular weight is 338 g/mol. The number of aromatic nitrogens is 3. The van der Waals surface area contributed by atoms with E-state index in [-0.39, 0.29) is 17.8 Å². The number of pyridine rings is 1. The number of aryl methyl sites for hydroxylation is 2. The van der Waals surface area contributed by atoms with Gasteiger partial charge in [0.2, 0.25) is 0 Å². The van der Waals surface area contributed by atoms with Gasteiger partial charge in [-0.3, -0.25) is 14.5 Å². The van der Waals surface area contributed by atoms with Crippen LogP contribution in [0.5, 0.6) is 0 Å². The minimum Gasteiger partial charge on any atom is -0.331 e. The summed E-state index contributed by atoms with van der Waals surface area (Å²) >= 11 is 0. The number of hydrogen-bond acceptors (Lipinski definition) is 3. The second-order valence-corrected chi connectivity index (χ2v) is 6.58. The van der Waals surface area contributed by atoms with Crippen molar-refractivity contribution in [2.24, 2.45) is 7.05 Å². The molecule has 0 radical (unpaired) electrons. The van der Waals surface area contributed by atoms with Crippen LogP contribution in [0.4, 0.5) is 4.39 Å². The maximum absolute atomic E-state index is 13.5. The van der Waals surface area contributed by atoms with Crippen LogP contribution >= 0.6 is 0 Å². The first-order valence-corrected chi connectivity index (χ1v) is 8.39. The molecule has 0 aliphatic carbocycles. The lowest BCUT2D eigenvalue weighted by molar-refractivity contribution is 0.0737. The van der Waals surface area contributed by atoms with Crippen LogP contribution in [0.15, 0.2) is 36.7 Å². The smallest absolute Gasteiger partial charge is 0.255 e. The van der Waals surface area contributed by atoms with Gasteiger partial charge < -0.3 is 4.90 Å². The number of fused-ring (bicyclic) bond motifs is 1. The molecule has 0 saturated carbocycles. The van der Waals surface area contributed by atoms with Gasteiger partial charge in [0.15, 0.2) is 0 Å². The van der Waals surface area contributed by atoms with E-state index in [1.807, 2.05) is 31.3 Å². The number of rotatable bonds is 2. The quantitative estimate of drug-likeness (QED) is 0.720. The number of likely N-dealkylation sites (tertiary alicyclic amines) is 1. The second-order valence-electron chi connectivity index (χ2n) is 6.58. The monoisotopic (exact) mass is 338 g/mol. The van der Waals surface area contributed by atoms with E-state index in [4.69, 9.17) is 0 Å². The third-order valence-corrected chi connectivity index (χ3v) is 4.75. The van der Waals surface area contributed by atoms with Gasteiger partial charge in [-0.2, -0.15) is 5.10 Å². The van der Waals surface area contributed by atoms with Crippen LogP contribution in [0.3, 0.4) is 0 Å². The van der Waals surface area contributed by atoms with Crippen molar-refractivity contribution in [2.75, 3.05) is 6.54 Å². The highest BCUT2D eigenvalue weighted by Crippen LogP contribution is 2.34. The minimum atomic E-state index is -0.349. The average Bonchev–Trinajstić information content (AvgIpc) is 3.21. The number of amides is 1. The summed E-state index contributed by atoms with van der Waals surface area (Å²) in [6, 6.07) is 6.21. The predicted octanol–water partition coefficient (Wildman–Crippen LogP) is 3.39. The van der Waals surface area contributed by atoms with Crippen molar-refractivity contribution in [2.45, 2.75) is 25.8 Å². The van der Waals surface area contributed by atoms with Gasteiger partial charge in [0, 0.05) is 42.5 Å². The van der Waals surface area contributed by atoms with Gasteiger partial charge in [-0.1, -0.05) is 0 Å². The Bertz CT molecular complexity index is 960. The molecule has 5 nitrogen and oxygen atoms in total. The summed E-state index contributed by atoms with van der Waals surface area (Å²) in [4.78, 5) is 19.5. The summed E-state index contributed by atoms with van der Waals surface area (Å²) in [5.74, 6) is -0.383. The lowest BCUT2D eigenvalue weighted by Crippen LogP contribution is -2.30. The van der Waals surface area contributed by atoms with E-state index >= 15 is 0 Å². The fourth-order valence-corrected chi connectivity index (χ4v) is 3.63. The normalized spacial score (nSPS) is 17.4. The summed E-state index contributed by atoms with van der Waals surface area (Å²) in [6.07, 6.45) is 5.67. The number of hydrogen-bond donors (Lipinski definition) is 0. The van der Waals surface area contributed by atoms with Gasteiger partial charge >= 0.3 is 0 Å². The Labute approximate surface area is 145 Å². The zero-order chi connectivity index (χ0) is 17.6. The van der Waals surface area contributed by atoms with E-state index in [0.717, 1.165) is 18.4 Å². The highest BCUT2D eigenvalue weighted by molar-refractivity contribution is 6.06. The van der Waals surface area contributed by atoms with E-state index in [1.54, 1.807) is 16.8 Å². The summed E-state index contributed by atoms with van der Waals surface area (Å²) < 4.78 is 15.3. The highest BCUT2D eigenvalue weighted by atomic mass is 19.1. The molecule has 1 aliphatic rings. The zero-order valence-corrected chi connectivity index (χ0v) is 14.2. The number of halogens is 1.